The number of anilines is 1. The minimum Gasteiger partial charge on any atom is -0.394 e. The molecule has 1 aliphatic rings. The van der Waals surface area contributed by atoms with E-state index in [1.807, 2.05) is 24.3 Å². The van der Waals surface area contributed by atoms with Gasteiger partial charge >= 0.3 is 6.03 Å². The first-order valence-electron chi connectivity index (χ1n) is 7.27. The van der Waals surface area contributed by atoms with E-state index in [0.717, 1.165) is 23.6 Å². The largest absolute Gasteiger partial charge is 0.394 e. The number of hydrogen-bond acceptors (Lipinski definition) is 2. The van der Waals surface area contributed by atoms with Gasteiger partial charge in [0, 0.05) is 5.02 Å². The second-order valence-electron chi connectivity index (χ2n) is 5.60. The lowest BCUT2D eigenvalue weighted by atomic mass is 9.93. The van der Waals surface area contributed by atoms with Crippen LogP contribution in [0, 0.1) is 5.82 Å². The van der Waals surface area contributed by atoms with E-state index in [2.05, 4.69) is 10.6 Å². The van der Waals surface area contributed by atoms with Crippen molar-refractivity contribution in [3.05, 3.63) is 64.4 Å². The number of urea groups is 1. The number of hydrogen-bond donors (Lipinski definition) is 3. The van der Waals surface area contributed by atoms with Crippen molar-refractivity contribution >= 4 is 23.3 Å². The highest BCUT2D eigenvalue weighted by Crippen LogP contribution is 2.36. The number of amides is 2. The Bertz CT molecular complexity index is 753. The number of carbonyl (C=O) groups excluding carboxylic acids is 1. The molecule has 0 aliphatic heterocycles. The number of rotatable bonds is 3. The van der Waals surface area contributed by atoms with E-state index in [1.165, 1.54) is 12.1 Å². The highest BCUT2D eigenvalue weighted by molar-refractivity contribution is 6.30. The van der Waals surface area contributed by atoms with E-state index in [9.17, 15) is 14.3 Å². The summed E-state index contributed by atoms with van der Waals surface area (Å²) in [5.74, 6) is -0.613. The van der Waals surface area contributed by atoms with Gasteiger partial charge in [0.1, 0.15) is 5.82 Å². The van der Waals surface area contributed by atoms with Gasteiger partial charge in [0.05, 0.1) is 17.8 Å². The lowest BCUT2D eigenvalue weighted by Gasteiger charge is -2.29. The highest BCUT2D eigenvalue weighted by Gasteiger charge is 2.39. The minimum atomic E-state index is -0.844. The molecule has 0 fully saturated rings. The Kier molecular flexibility index (Phi) is 4.24. The maximum absolute atomic E-state index is 13.8. The normalized spacial score (nSPS) is 19.3. The predicted molar refractivity (Wildman–Crippen MR) is 87.1 cm³/mol. The molecule has 2 amide bonds. The Hall–Kier alpha value is -2.11. The Morgan fingerprint density at radius 3 is 2.83 bits per heavy atom. The van der Waals surface area contributed by atoms with E-state index in [1.54, 1.807) is 0 Å². The van der Waals surface area contributed by atoms with Gasteiger partial charge in [0.25, 0.3) is 0 Å². The van der Waals surface area contributed by atoms with E-state index < -0.39 is 17.4 Å². The van der Waals surface area contributed by atoms with Gasteiger partial charge in [-0.05, 0) is 42.2 Å². The highest BCUT2D eigenvalue weighted by atomic mass is 35.5. The molecular weight excluding hydrogens is 319 g/mol. The molecule has 120 valence electrons. The molecule has 2 aromatic rings. The first-order valence-corrected chi connectivity index (χ1v) is 7.65. The zero-order valence-electron chi connectivity index (χ0n) is 12.3. The summed E-state index contributed by atoms with van der Waals surface area (Å²) >= 11 is 5.69. The van der Waals surface area contributed by atoms with Crippen molar-refractivity contribution in [3.63, 3.8) is 0 Å². The van der Waals surface area contributed by atoms with Crippen molar-refractivity contribution in [1.29, 1.82) is 0 Å². The molecule has 0 heterocycles. The maximum atomic E-state index is 13.8. The van der Waals surface area contributed by atoms with Gasteiger partial charge < -0.3 is 15.7 Å². The third kappa shape index (κ3) is 3.02. The average molecular weight is 335 g/mol. The molecule has 0 bridgehead atoms. The zero-order valence-corrected chi connectivity index (χ0v) is 13.0. The summed E-state index contributed by atoms with van der Waals surface area (Å²) in [7, 11) is 0. The summed E-state index contributed by atoms with van der Waals surface area (Å²) in [6.07, 6.45) is 1.37. The van der Waals surface area contributed by atoms with Crippen molar-refractivity contribution in [2.75, 3.05) is 11.9 Å². The molecule has 2 aromatic carbocycles. The first kappa shape index (κ1) is 15.8. The lowest BCUT2D eigenvalue weighted by Crippen LogP contribution is -2.49. The van der Waals surface area contributed by atoms with Crippen molar-refractivity contribution < 1.29 is 14.3 Å². The zero-order chi connectivity index (χ0) is 16.4. The lowest BCUT2D eigenvalue weighted by molar-refractivity contribution is 0.164. The van der Waals surface area contributed by atoms with Gasteiger partial charge in [-0.25, -0.2) is 9.18 Å². The van der Waals surface area contributed by atoms with Crippen molar-refractivity contribution in [3.8, 4) is 0 Å². The van der Waals surface area contributed by atoms with E-state index >= 15 is 0 Å². The first-order chi connectivity index (χ1) is 11.0. The molecule has 0 saturated carbocycles. The number of benzene rings is 2. The molecule has 6 heteroatoms. The van der Waals surface area contributed by atoms with Crippen LogP contribution in [0.3, 0.4) is 0 Å². The third-order valence-corrected chi connectivity index (χ3v) is 4.39. The number of aryl methyl sites for hydroxylation is 1. The van der Waals surface area contributed by atoms with Gasteiger partial charge in [-0.2, -0.15) is 0 Å². The fourth-order valence-corrected chi connectivity index (χ4v) is 3.14. The van der Waals surface area contributed by atoms with Crippen molar-refractivity contribution in [2.45, 2.75) is 18.4 Å². The predicted octanol–water partition coefficient (Wildman–Crippen LogP) is 3.43. The second kappa shape index (κ2) is 6.18. The minimum absolute atomic E-state index is 0.0336. The number of carbonyl (C=O) groups is 1. The molecule has 1 aliphatic carbocycles. The van der Waals surface area contributed by atoms with Gasteiger partial charge in [-0.1, -0.05) is 35.9 Å². The maximum Gasteiger partial charge on any atom is 0.320 e. The standard InChI is InChI=1S/C17H16ClFN2O2/c18-12-5-6-15(14(19)9-12)20-16(23)21-17(10-22)8-7-11-3-1-2-4-13(11)17/h1-6,9,22H,7-8,10H2,(H2,20,21,23). The fourth-order valence-electron chi connectivity index (χ4n) is 2.98. The van der Waals surface area contributed by atoms with Gasteiger partial charge in [0.15, 0.2) is 0 Å². The number of nitrogens with one attached hydrogen (secondary N) is 2. The van der Waals surface area contributed by atoms with Crippen LogP contribution in [0.25, 0.3) is 0 Å². The summed E-state index contributed by atoms with van der Waals surface area (Å²) in [4.78, 5) is 12.2. The van der Waals surface area contributed by atoms with E-state index in [4.69, 9.17) is 11.6 Å². The second-order valence-corrected chi connectivity index (χ2v) is 6.04. The molecule has 1 unspecified atom stereocenters. The summed E-state index contributed by atoms with van der Waals surface area (Å²) < 4.78 is 13.8. The van der Waals surface area contributed by atoms with Crippen molar-refractivity contribution in [2.24, 2.45) is 0 Å². The van der Waals surface area contributed by atoms with E-state index in [-0.39, 0.29) is 17.3 Å². The topological polar surface area (TPSA) is 61.4 Å². The van der Waals surface area contributed by atoms with Gasteiger partial charge in [-0.3, -0.25) is 0 Å². The van der Waals surface area contributed by atoms with Crippen LogP contribution in [-0.4, -0.2) is 17.7 Å². The summed E-state index contributed by atoms with van der Waals surface area (Å²) in [6, 6.07) is 11.1. The van der Waals surface area contributed by atoms with Gasteiger partial charge in [0.2, 0.25) is 0 Å². The van der Waals surface area contributed by atoms with Crippen molar-refractivity contribution in [1.82, 2.24) is 5.32 Å². The van der Waals surface area contributed by atoms with Crippen LogP contribution >= 0.6 is 11.6 Å². The summed E-state index contributed by atoms with van der Waals surface area (Å²) in [6.45, 7) is -0.222. The number of fused-ring (bicyclic) bond motifs is 1. The molecule has 3 N–H and O–H groups in total. The van der Waals surface area contributed by atoms with Gasteiger partial charge in [-0.15, -0.1) is 0 Å². The van der Waals surface area contributed by atoms with E-state index in [0.29, 0.717) is 6.42 Å². The average Bonchev–Trinajstić information content (AvgIpc) is 2.90. The van der Waals surface area contributed by atoms with Crippen LogP contribution in [-0.2, 0) is 12.0 Å². The SMILES string of the molecule is O=C(Nc1ccc(Cl)cc1F)NC1(CO)CCc2ccccc21. The molecule has 23 heavy (non-hydrogen) atoms. The number of aliphatic hydroxyl groups excluding tert-OH is 1. The molecule has 1 atom stereocenters. The van der Waals surface area contributed by atoms with Crippen LogP contribution in [0.1, 0.15) is 17.5 Å². The smallest absolute Gasteiger partial charge is 0.320 e. The number of aliphatic hydroxyl groups is 1. The summed E-state index contributed by atoms with van der Waals surface area (Å²) in [5.41, 5.74) is 1.18. The molecule has 0 spiro atoms. The Balaban J connectivity index is 1.79. The molecule has 0 aromatic heterocycles. The van der Waals surface area contributed by atoms with Crippen LogP contribution < -0.4 is 10.6 Å². The Morgan fingerprint density at radius 2 is 2.09 bits per heavy atom. The molecule has 4 nitrogen and oxygen atoms in total. The Morgan fingerprint density at radius 1 is 1.30 bits per heavy atom. The Labute approximate surface area is 138 Å². The summed E-state index contributed by atoms with van der Waals surface area (Å²) in [5, 5.41) is 15.3. The molecular formula is C17H16ClFN2O2. The fraction of sp³-hybridized carbons (Fsp3) is 0.235. The monoisotopic (exact) mass is 334 g/mol. The van der Waals surface area contributed by atoms with Crippen LogP contribution in [0.2, 0.25) is 5.02 Å². The molecule has 0 saturated heterocycles. The quantitative estimate of drug-likeness (QED) is 0.805. The van der Waals surface area contributed by atoms with Crippen LogP contribution in [0.5, 0.6) is 0 Å². The molecule has 3 rings (SSSR count). The third-order valence-electron chi connectivity index (χ3n) is 4.16. The number of halogens is 2. The molecule has 0 radical (unpaired) electrons. The van der Waals surface area contributed by atoms with Crippen LogP contribution in [0.15, 0.2) is 42.5 Å². The van der Waals surface area contributed by atoms with Crippen LogP contribution in [0.4, 0.5) is 14.9 Å².